The van der Waals surface area contributed by atoms with Crippen LogP contribution in [0.25, 0.3) is 0 Å². The Morgan fingerprint density at radius 1 is 1.29 bits per heavy atom. The van der Waals surface area contributed by atoms with Crippen molar-refractivity contribution < 1.29 is 0 Å². The van der Waals surface area contributed by atoms with Crippen LogP contribution in [0.5, 0.6) is 0 Å². The Kier molecular flexibility index (Phi) is 5.86. The molecule has 3 heteroatoms. The van der Waals surface area contributed by atoms with E-state index in [1.54, 1.807) is 0 Å². The Morgan fingerprint density at radius 3 is 2.94 bits per heavy atom. The molecule has 1 aliphatic rings. The highest BCUT2D eigenvalue weighted by atomic mass is 32.2. The van der Waals surface area contributed by atoms with Crippen molar-refractivity contribution in [1.29, 1.82) is 0 Å². The summed E-state index contributed by atoms with van der Waals surface area (Å²) in [6, 6.07) is 6.07. The van der Waals surface area contributed by atoms with Gasteiger partial charge in [0.15, 0.2) is 0 Å². The average Bonchev–Trinajstić information content (AvgIpc) is 2.88. The van der Waals surface area contributed by atoms with Crippen LogP contribution in [-0.2, 0) is 6.54 Å². The number of aromatic nitrogens is 1. The highest BCUT2D eigenvalue weighted by Crippen LogP contribution is 2.27. The summed E-state index contributed by atoms with van der Waals surface area (Å²) in [4.78, 5) is 4.29. The average molecular weight is 250 g/mol. The standard InChI is InChI=1S/C14H22N2S/c1-2-6-13(5-1)12-17-10-9-15-11-14-7-3-4-8-16-14/h3-4,7-8,13,15H,1-2,5-6,9-12H2. The molecule has 94 valence electrons. The molecule has 0 spiro atoms. The quantitative estimate of drug-likeness (QED) is 0.753. The SMILES string of the molecule is c1ccc(CNCCSCC2CCCC2)nc1. The largest absolute Gasteiger partial charge is 0.310 e. The monoisotopic (exact) mass is 250 g/mol. The number of pyridine rings is 1. The number of hydrogen-bond acceptors (Lipinski definition) is 3. The van der Waals surface area contributed by atoms with Gasteiger partial charge in [-0.15, -0.1) is 0 Å². The highest BCUT2D eigenvalue weighted by Gasteiger charge is 2.13. The van der Waals surface area contributed by atoms with Gasteiger partial charge in [0.25, 0.3) is 0 Å². The van der Waals surface area contributed by atoms with Crippen LogP contribution in [0, 0.1) is 5.92 Å². The number of thioether (sulfide) groups is 1. The van der Waals surface area contributed by atoms with E-state index < -0.39 is 0 Å². The van der Waals surface area contributed by atoms with Crippen molar-refractivity contribution in [2.75, 3.05) is 18.1 Å². The van der Waals surface area contributed by atoms with Crippen LogP contribution in [-0.4, -0.2) is 23.0 Å². The van der Waals surface area contributed by atoms with E-state index in [0.717, 1.165) is 24.7 Å². The van der Waals surface area contributed by atoms with E-state index in [4.69, 9.17) is 0 Å². The van der Waals surface area contributed by atoms with E-state index in [0.29, 0.717) is 0 Å². The van der Waals surface area contributed by atoms with Crippen molar-refractivity contribution in [3.63, 3.8) is 0 Å². The number of nitrogens with one attached hydrogen (secondary N) is 1. The smallest absolute Gasteiger partial charge is 0.0541 e. The fourth-order valence-corrected chi connectivity index (χ4v) is 3.41. The first-order chi connectivity index (χ1) is 8.45. The molecule has 0 bridgehead atoms. The van der Waals surface area contributed by atoms with Crippen molar-refractivity contribution in [2.24, 2.45) is 5.92 Å². The van der Waals surface area contributed by atoms with Crippen LogP contribution >= 0.6 is 11.8 Å². The summed E-state index contributed by atoms with van der Waals surface area (Å²) < 4.78 is 0. The van der Waals surface area contributed by atoms with Crippen LogP contribution in [0.15, 0.2) is 24.4 Å². The first-order valence-corrected chi connectivity index (χ1v) is 7.79. The summed E-state index contributed by atoms with van der Waals surface area (Å²) in [7, 11) is 0. The molecule has 1 aromatic rings. The van der Waals surface area contributed by atoms with Crippen LogP contribution in [0.2, 0.25) is 0 Å². The second-order valence-electron chi connectivity index (χ2n) is 4.72. The Morgan fingerprint density at radius 2 is 2.18 bits per heavy atom. The molecular weight excluding hydrogens is 228 g/mol. The van der Waals surface area contributed by atoms with E-state index in [-0.39, 0.29) is 0 Å². The number of hydrogen-bond donors (Lipinski definition) is 1. The lowest BCUT2D eigenvalue weighted by atomic mass is 10.1. The van der Waals surface area contributed by atoms with Crippen LogP contribution in [0.3, 0.4) is 0 Å². The summed E-state index contributed by atoms with van der Waals surface area (Å²) in [6.07, 6.45) is 7.71. The van der Waals surface area contributed by atoms with Gasteiger partial charge < -0.3 is 5.32 Å². The molecule has 1 aromatic heterocycles. The lowest BCUT2D eigenvalue weighted by molar-refractivity contribution is 0.622. The zero-order valence-corrected chi connectivity index (χ0v) is 11.2. The van der Waals surface area contributed by atoms with Crippen LogP contribution in [0.1, 0.15) is 31.4 Å². The molecule has 2 rings (SSSR count). The normalized spacial score (nSPS) is 16.5. The second-order valence-corrected chi connectivity index (χ2v) is 5.87. The van der Waals surface area contributed by atoms with Gasteiger partial charge in [0.2, 0.25) is 0 Å². The molecule has 0 amide bonds. The van der Waals surface area contributed by atoms with Gasteiger partial charge in [-0.1, -0.05) is 18.9 Å². The van der Waals surface area contributed by atoms with Crippen molar-refractivity contribution >= 4 is 11.8 Å². The molecule has 0 radical (unpaired) electrons. The first kappa shape index (κ1) is 12.9. The van der Waals surface area contributed by atoms with Crippen molar-refractivity contribution in [2.45, 2.75) is 32.2 Å². The summed E-state index contributed by atoms with van der Waals surface area (Å²) in [5.41, 5.74) is 1.13. The summed E-state index contributed by atoms with van der Waals surface area (Å²) >= 11 is 2.10. The van der Waals surface area contributed by atoms with Gasteiger partial charge in [0.05, 0.1) is 5.69 Å². The van der Waals surface area contributed by atoms with Crippen molar-refractivity contribution in [1.82, 2.24) is 10.3 Å². The summed E-state index contributed by atoms with van der Waals surface area (Å²) in [5.74, 6) is 3.60. The molecule has 2 nitrogen and oxygen atoms in total. The molecule has 0 atom stereocenters. The maximum absolute atomic E-state index is 4.29. The zero-order valence-electron chi connectivity index (χ0n) is 10.4. The van der Waals surface area contributed by atoms with Gasteiger partial charge in [-0.2, -0.15) is 11.8 Å². The van der Waals surface area contributed by atoms with Gasteiger partial charge in [-0.25, -0.2) is 0 Å². The fourth-order valence-electron chi connectivity index (χ4n) is 2.29. The maximum Gasteiger partial charge on any atom is 0.0541 e. The lowest BCUT2D eigenvalue weighted by Crippen LogP contribution is -2.17. The molecule has 1 aliphatic carbocycles. The molecule has 1 heterocycles. The Bertz CT molecular complexity index is 296. The van der Waals surface area contributed by atoms with Gasteiger partial charge in [0, 0.05) is 25.0 Å². The molecule has 1 saturated carbocycles. The topological polar surface area (TPSA) is 24.9 Å². The van der Waals surface area contributed by atoms with Crippen molar-refractivity contribution in [3.05, 3.63) is 30.1 Å². The Hall–Kier alpha value is -0.540. The van der Waals surface area contributed by atoms with Crippen LogP contribution in [0.4, 0.5) is 0 Å². The molecule has 1 N–H and O–H groups in total. The minimum absolute atomic E-state index is 0.894. The minimum atomic E-state index is 0.894. The molecule has 17 heavy (non-hydrogen) atoms. The molecule has 1 fully saturated rings. The van der Waals surface area contributed by atoms with Gasteiger partial charge >= 0.3 is 0 Å². The van der Waals surface area contributed by atoms with E-state index in [1.807, 2.05) is 18.3 Å². The van der Waals surface area contributed by atoms with Gasteiger partial charge in [0.1, 0.15) is 0 Å². The Labute approximate surface area is 109 Å². The predicted molar refractivity (Wildman–Crippen MR) is 75.2 cm³/mol. The summed E-state index contributed by atoms with van der Waals surface area (Å²) in [6.45, 7) is 1.98. The minimum Gasteiger partial charge on any atom is -0.310 e. The zero-order chi connectivity index (χ0) is 11.8. The van der Waals surface area contributed by atoms with E-state index >= 15 is 0 Å². The van der Waals surface area contributed by atoms with E-state index in [2.05, 4.69) is 28.1 Å². The Balaban J connectivity index is 1.46. The highest BCUT2D eigenvalue weighted by molar-refractivity contribution is 7.99. The lowest BCUT2D eigenvalue weighted by Gasteiger charge is -2.08. The molecule has 0 saturated heterocycles. The maximum atomic E-state index is 4.29. The van der Waals surface area contributed by atoms with Crippen molar-refractivity contribution in [3.8, 4) is 0 Å². The summed E-state index contributed by atoms with van der Waals surface area (Å²) in [5, 5.41) is 3.44. The number of rotatable bonds is 7. The van der Waals surface area contributed by atoms with Gasteiger partial charge in [-0.3, -0.25) is 4.98 Å². The third-order valence-corrected chi connectivity index (χ3v) is 4.48. The molecule has 0 aliphatic heterocycles. The third-order valence-electron chi connectivity index (χ3n) is 3.28. The molecule has 0 unspecified atom stereocenters. The van der Waals surface area contributed by atoms with Gasteiger partial charge in [-0.05, 0) is 36.6 Å². The van der Waals surface area contributed by atoms with E-state index in [9.17, 15) is 0 Å². The van der Waals surface area contributed by atoms with E-state index in [1.165, 1.54) is 37.2 Å². The first-order valence-electron chi connectivity index (χ1n) is 6.63. The molecular formula is C14H22N2S. The number of nitrogens with zero attached hydrogens (tertiary/aromatic N) is 1. The third kappa shape index (κ3) is 5.09. The second kappa shape index (κ2) is 7.72. The van der Waals surface area contributed by atoms with Crippen LogP contribution < -0.4 is 5.32 Å². The molecule has 0 aromatic carbocycles. The fraction of sp³-hybridized carbons (Fsp3) is 0.643. The predicted octanol–water partition coefficient (Wildman–Crippen LogP) is 3.09.